The number of hydrogen-bond acceptors (Lipinski definition) is 0. The SMILES string of the molecule is C[N+](C)(C)I.O. The van der Waals surface area contributed by atoms with Crippen molar-refractivity contribution >= 4 is 22.9 Å². The minimum absolute atomic E-state index is 0. The molecule has 0 saturated heterocycles. The third-order valence-electron chi connectivity index (χ3n) is 0. The Morgan fingerprint density at radius 1 is 1.17 bits per heavy atom. The Hall–Kier alpha value is 0.650. The zero-order chi connectivity index (χ0) is 4.50. The molecule has 0 fully saturated rings. The third kappa shape index (κ3) is 147. The van der Waals surface area contributed by atoms with Crippen LogP contribution in [0.3, 0.4) is 0 Å². The second kappa shape index (κ2) is 2.76. The van der Waals surface area contributed by atoms with Crippen LogP contribution >= 0.6 is 22.9 Å². The summed E-state index contributed by atoms with van der Waals surface area (Å²) in [5, 5.41) is 0. The quantitative estimate of drug-likeness (QED) is 0.399. The van der Waals surface area contributed by atoms with Crippen LogP contribution in [-0.4, -0.2) is 29.3 Å². The highest BCUT2D eigenvalue weighted by Gasteiger charge is 1.93. The van der Waals surface area contributed by atoms with E-state index in [0.29, 0.717) is 0 Å². The Balaban J connectivity index is 0. The molecule has 2 nitrogen and oxygen atoms in total. The van der Waals surface area contributed by atoms with Gasteiger partial charge in [0.2, 0.25) is 22.9 Å². The van der Waals surface area contributed by atoms with Gasteiger partial charge in [0.15, 0.2) is 0 Å². The molecule has 2 N–H and O–H groups in total. The molecule has 6 heavy (non-hydrogen) atoms. The highest BCUT2D eigenvalue weighted by atomic mass is 127. The molecule has 0 aromatic heterocycles. The van der Waals surface area contributed by atoms with E-state index in [1.165, 1.54) is 0 Å². The number of nitrogens with zero attached hydrogens (tertiary/aromatic N) is 1. The summed E-state index contributed by atoms with van der Waals surface area (Å²) < 4.78 is 0.970. The van der Waals surface area contributed by atoms with Gasteiger partial charge in [0.1, 0.15) is 0 Å². The van der Waals surface area contributed by atoms with E-state index < -0.39 is 0 Å². The van der Waals surface area contributed by atoms with Gasteiger partial charge in [-0.3, -0.25) is 2.70 Å². The van der Waals surface area contributed by atoms with Crippen LogP contribution in [0.15, 0.2) is 0 Å². The fourth-order valence-corrected chi connectivity index (χ4v) is 0. The minimum atomic E-state index is 0. The number of hydrogen-bond donors (Lipinski definition) is 0. The van der Waals surface area contributed by atoms with E-state index in [1.807, 2.05) is 0 Å². The Kier molecular flexibility index (Phi) is 4.52. The number of quaternary nitrogens is 1. The van der Waals surface area contributed by atoms with Crippen LogP contribution in [0.5, 0.6) is 0 Å². The summed E-state index contributed by atoms with van der Waals surface area (Å²) in [7, 11) is 6.34. The maximum Gasteiger partial charge on any atom is 0.247 e. The van der Waals surface area contributed by atoms with Crippen molar-refractivity contribution in [1.82, 2.24) is 0 Å². The normalized spacial score (nSPS) is 10.0. The molecule has 0 bridgehead atoms. The molecule has 0 saturated carbocycles. The molecule has 0 aromatic carbocycles. The molecule has 0 amide bonds. The number of rotatable bonds is 0. The Morgan fingerprint density at radius 2 is 1.17 bits per heavy atom. The van der Waals surface area contributed by atoms with Crippen molar-refractivity contribution < 1.29 is 8.17 Å². The van der Waals surface area contributed by atoms with E-state index in [1.54, 1.807) is 0 Å². The molecular weight excluding hydrogens is 193 g/mol. The first-order chi connectivity index (χ1) is 2.00. The predicted octanol–water partition coefficient (Wildman–Crippen LogP) is 0.218. The van der Waals surface area contributed by atoms with Gasteiger partial charge in [-0.25, -0.2) is 0 Å². The molecule has 0 radical (unpaired) electrons. The van der Waals surface area contributed by atoms with E-state index in [2.05, 4.69) is 44.0 Å². The van der Waals surface area contributed by atoms with E-state index in [9.17, 15) is 0 Å². The van der Waals surface area contributed by atoms with Crippen LogP contribution in [-0.2, 0) is 0 Å². The summed E-state index contributed by atoms with van der Waals surface area (Å²) >= 11 is 2.32. The Morgan fingerprint density at radius 3 is 1.17 bits per heavy atom. The van der Waals surface area contributed by atoms with Gasteiger partial charge in [-0.1, -0.05) is 0 Å². The summed E-state index contributed by atoms with van der Waals surface area (Å²) in [5.41, 5.74) is 0. The van der Waals surface area contributed by atoms with Gasteiger partial charge in [-0.05, 0) is 0 Å². The lowest BCUT2D eigenvalue weighted by atomic mass is 11.0. The molecule has 0 aliphatic carbocycles. The molecule has 0 atom stereocenters. The van der Waals surface area contributed by atoms with E-state index >= 15 is 0 Å². The van der Waals surface area contributed by atoms with Gasteiger partial charge >= 0.3 is 0 Å². The molecule has 40 valence electrons. The largest absolute Gasteiger partial charge is 0.412 e. The molecule has 0 unspecified atom stereocenters. The standard InChI is InChI=1S/C3H9IN.H2O/c1-5(2,3)4;/h1-3H3;1H2/q+1;. The zero-order valence-electron chi connectivity index (χ0n) is 4.33. The summed E-state index contributed by atoms with van der Waals surface area (Å²) in [6, 6.07) is 0. The first-order valence-corrected chi connectivity index (χ1v) is 2.48. The molecule has 0 aliphatic heterocycles. The monoisotopic (exact) mass is 204 g/mol. The maximum atomic E-state index is 2.32. The van der Waals surface area contributed by atoms with Crippen molar-refractivity contribution in [2.75, 3.05) is 21.1 Å². The van der Waals surface area contributed by atoms with E-state index in [-0.39, 0.29) is 5.48 Å². The zero-order valence-corrected chi connectivity index (χ0v) is 6.48. The first-order valence-electron chi connectivity index (χ1n) is 1.51. The van der Waals surface area contributed by atoms with Gasteiger partial charge in [0, 0.05) is 0 Å². The van der Waals surface area contributed by atoms with Crippen molar-refractivity contribution in [2.24, 2.45) is 0 Å². The second-order valence-electron chi connectivity index (χ2n) is 1.85. The van der Waals surface area contributed by atoms with E-state index in [0.717, 1.165) is 2.70 Å². The first kappa shape index (κ1) is 9.82. The van der Waals surface area contributed by atoms with Gasteiger partial charge < -0.3 is 5.48 Å². The van der Waals surface area contributed by atoms with Crippen LogP contribution in [0.25, 0.3) is 0 Å². The molecule has 0 aliphatic rings. The lowest BCUT2D eigenvalue weighted by Gasteiger charge is -2.09. The van der Waals surface area contributed by atoms with Crippen molar-refractivity contribution in [1.29, 1.82) is 0 Å². The maximum absolute atomic E-state index is 2.32. The summed E-state index contributed by atoms with van der Waals surface area (Å²) in [4.78, 5) is 0. The summed E-state index contributed by atoms with van der Waals surface area (Å²) in [6.07, 6.45) is 0. The van der Waals surface area contributed by atoms with Gasteiger partial charge in [0.05, 0.1) is 21.1 Å². The highest BCUT2D eigenvalue weighted by Crippen LogP contribution is 1.97. The Bertz CT molecular complexity index is 26.3. The van der Waals surface area contributed by atoms with Crippen LogP contribution in [0.1, 0.15) is 0 Å². The summed E-state index contributed by atoms with van der Waals surface area (Å²) in [6.45, 7) is 0. The van der Waals surface area contributed by atoms with Gasteiger partial charge in [0.25, 0.3) is 0 Å². The Labute approximate surface area is 52.5 Å². The second-order valence-corrected chi connectivity index (χ2v) is 4.74. The summed E-state index contributed by atoms with van der Waals surface area (Å²) in [5.74, 6) is 0. The lowest BCUT2D eigenvalue weighted by molar-refractivity contribution is -0.681. The smallest absolute Gasteiger partial charge is 0.247 e. The lowest BCUT2D eigenvalue weighted by Crippen LogP contribution is -2.18. The number of halogens is 1. The molecular formula is C3H11INO+. The molecule has 0 aromatic rings. The predicted molar refractivity (Wildman–Crippen MR) is 35.7 cm³/mol. The molecule has 3 heteroatoms. The van der Waals surface area contributed by atoms with Crippen LogP contribution in [0.4, 0.5) is 0 Å². The van der Waals surface area contributed by atoms with Gasteiger partial charge in [-0.2, -0.15) is 0 Å². The minimum Gasteiger partial charge on any atom is -0.412 e. The average molecular weight is 204 g/mol. The highest BCUT2D eigenvalue weighted by molar-refractivity contribution is 14.1. The third-order valence-corrected chi connectivity index (χ3v) is 0. The molecule has 0 heterocycles. The van der Waals surface area contributed by atoms with E-state index in [4.69, 9.17) is 0 Å². The van der Waals surface area contributed by atoms with Crippen LogP contribution in [0, 0.1) is 0 Å². The van der Waals surface area contributed by atoms with Crippen molar-refractivity contribution in [3.63, 3.8) is 0 Å². The topological polar surface area (TPSA) is 31.5 Å². The molecule has 0 spiro atoms. The van der Waals surface area contributed by atoms with Crippen LogP contribution < -0.4 is 0 Å². The van der Waals surface area contributed by atoms with Gasteiger partial charge in [-0.15, -0.1) is 0 Å². The van der Waals surface area contributed by atoms with Crippen molar-refractivity contribution in [3.8, 4) is 0 Å². The fourth-order valence-electron chi connectivity index (χ4n) is 0. The average Bonchev–Trinajstić information content (AvgIpc) is 0.722. The van der Waals surface area contributed by atoms with Crippen LogP contribution in [0.2, 0.25) is 0 Å². The van der Waals surface area contributed by atoms with Crippen molar-refractivity contribution in [3.05, 3.63) is 0 Å². The molecule has 0 rings (SSSR count). The van der Waals surface area contributed by atoms with Crippen molar-refractivity contribution in [2.45, 2.75) is 0 Å². The fraction of sp³-hybridized carbons (Fsp3) is 1.00.